The standard InChI is InChI=1S/C18H14F3N5O2S/c19-18(20,21)15-11-26(10-13-9-25-8-2-1-3-16(25)23-13)17(24-15)12-4-6-14(7-5-12)29(22,27)28/h1-9,11H,10H2,(H2,22,27,28). The van der Waals surface area contributed by atoms with Crippen LogP contribution in [-0.2, 0) is 22.7 Å². The molecule has 0 radical (unpaired) electrons. The van der Waals surface area contributed by atoms with Crippen molar-refractivity contribution in [2.75, 3.05) is 0 Å². The van der Waals surface area contributed by atoms with Gasteiger partial charge in [0.2, 0.25) is 10.0 Å². The van der Waals surface area contributed by atoms with Crippen molar-refractivity contribution in [3.63, 3.8) is 0 Å². The summed E-state index contributed by atoms with van der Waals surface area (Å²) in [6, 6.07) is 10.6. The second kappa shape index (κ2) is 6.71. The molecule has 0 fully saturated rings. The van der Waals surface area contributed by atoms with E-state index in [2.05, 4.69) is 9.97 Å². The van der Waals surface area contributed by atoms with E-state index in [-0.39, 0.29) is 17.3 Å². The number of nitrogens with two attached hydrogens (primary N) is 1. The van der Waals surface area contributed by atoms with Crippen LogP contribution >= 0.6 is 0 Å². The maximum Gasteiger partial charge on any atom is 0.434 e. The predicted molar refractivity (Wildman–Crippen MR) is 98.3 cm³/mol. The van der Waals surface area contributed by atoms with E-state index in [4.69, 9.17) is 5.14 Å². The van der Waals surface area contributed by atoms with Crippen molar-refractivity contribution in [1.82, 2.24) is 18.9 Å². The monoisotopic (exact) mass is 421 g/mol. The van der Waals surface area contributed by atoms with Gasteiger partial charge in [-0.15, -0.1) is 0 Å². The molecule has 0 atom stereocenters. The van der Waals surface area contributed by atoms with Gasteiger partial charge < -0.3 is 8.97 Å². The zero-order valence-corrected chi connectivity index (χ0v) is 15.5. The SMILES string of the molecule is NS(=O)(=O)c1ccc(-c2nc(C(F)(F)F)cn2Cc2cn3ccccc3n2)cc1. The Hall–Kier alpha value is -3.18. The van der Waals surface area contributed by atoms with Gasteiger partial charge in [0.15, 0.2) is 5.69 Å². The van der Waals surface area contributed by atoms with E-state index >= 15 is 0 Å². The van der Waals surface area contributed by atoms with Gasteiger partial charge in [0.25, 0.3) is 0 Å². The van der Waals surface area contributed by atoms with Crippen molar-refractivity contribution in [2.45, 2.75) is 17.6 Å². The Balaban J connectivity index is 1.77. The van der Waals surface area contributed by atoms with Gasteiger partial charge in [0.1, 0.15) is 11.5 Å². The van der Waals surface area contributed by atoms with Crippen LogP contribution in [0.2, 0.25) is 0 Å². The molecular formula is C18H14F3N5O2S. The fraction of sp³-hybridized carbons (Fsp3) is 0.111. The van der Waals surface area contributed by atoms with Gasteiger partial charge >= 0.3 is 6.18 Å². The highest BCUT2D eigenvalue weighted by molar-refractivity contribution is 7.89. The van der Waals surface area contributed by atoms with E-state index in [1.165, 1.54) is 28.8 Å². The van der Waals surface area contributed by atoms with Gasteiger partial charge in [-0.1, -0.05) is 6.07 Å². The number of aromatic nitrogens is 4. The third-order valence-corrected chi connectivity index (χ3v) is 5.18. The second-order valence-corrected chi connectivity index (χ2v) is 7.90. The van der Waals surface area contributed by atoms with E-state index < -0.39 is 21.9 Å². The lowest BCUT2D eigenvalue weighted by molar-refractivity contribution is -0.140. The van der Waals surface area contributed by atoms with Crippen molar-refractivity contribution in [1.29, 1.82) is 0 Å². The third kappa shape index (κ3) is 3.87. The normalized spacial score (nSPS) is 12.6. The maximum absolute atomic E-state index is 13.2. The Labute approximate surface area is 163 Å². The van der Waals surface area contributed by atoms with E-state index in [1.54, 1.807) is 22.9 Å². The minimum absolute atomic E-state index is 0.0374. The fourth-order valence-electron chi connectivity index (χ4n) is 2.94. The minimum Gasteiger partial charge on any atom is -0.324 e. The number of alkyl halides is 3. The molecule has 4 aromatic rings. The smallest absolute Gasteiger partial charge is 0.324 e. The van der Waals surface area contributed by atoms with Crippen LogP contribution in [0.25, 0.3) is 17.0 Å². The number of hydrogen-bond acceptors (Lipinski definition) is 4. The summed E-state index contributed by atoms with van der Waals surface area (Å²) in [7, 11) is -3.91. The second-order valence-electron chi connectivity index (χ2n) is 6.34. The predicted octanol–water partition coefficient (Wildman–Crippen LogP) is 2.91. The molecule has 29 heavy (non-hydrogen) atoms. The molecule has 0 amide bonds. The van der Waals surface area contributed by atoms with Crippen LogP contribution < -0.4 is 5.14 Å². The van der Waals surface area contributed by atoms with Gasteiger partial charge in [-0.05, 0) is 36.4 Å². The van der Waals surface area contributed by atoms with Crippen molar-refractivity contribution in [3.05, 3.63) is 72.4 Å². The molecule has 2 N–H and O–H groups in total. The Morgan fingerprint density at radius 1 is 1.00 bits per heavy atom. The number of sulfonamides is 1. The van der Waals surface area contributed by atoms with Crippen molar-refractivity contribution in [2.24, 2.45) is 5.14 Å². The van der Waals surface area contributed by atoms with E-state index in [1.807, 2.05) is 12.1 Å². The molecule has 3 heterocycles. The van der Waals surface area contributed by atoms with Crippen molar-refractivity contribution in [3.8, 4) is 11.4 Å². The van der Waals surface area contributed by atoms with Gasteiger partial charge in [0, 0.05) is 24.2 Å². The van der Waals surface area contributed by atoms with E-state index in [0.717, 1.165) is 6.20 Å². The number of benzene rings is 1. The molecular weight excluding hydrogens is 407 g/mol. The highest BCUT2D eigenvalue weighted by Crippen LogP contribution is 2.31. The lowest BCUT2D eigenvalue weighted by atomic mass is 10.2. The van der Waals surface area contributed by atoms with Gasteiger partial charge in [-0.25, -0.2) is 23.5 Å². The van der Waals surface area contributed by atoms with Crippen LogP contribution in [0.4, 0.5) is 13.2 Å². The molecule has 0 aliphatic heterocycles. The summed E-state index contributed by atoms with van der Waals surface area (Å²) in [4.78, 5) is 7.97. The zero-order valence-electron chi connectivity index (χ0n) is 14.7. The van der Waals surface area contributed by atoms with Crippen molar-refractivity contribution >= 4 is 15.7 Å². The minimum atomic E-state index is -4.63. The topological polar surface area (TPSA) is 95.3 Å². The summed E-state index contributed by atoms with van der Waals surface area (Å²) in [5.74, 6) is 0.0374. The summed E-state index contributed by atoms with van der Waals surface area (Å²) >= 11 is 0. The first kappa shape index (κ1) is 19.2. The average Bonchev–Trinajstić information content (AvgIpc) is 3.24. The molecule has 1 aromatic carbocycles. The highest BCUT2D eigenvalue weighted by Gasteiger charge is 2.35. The Morgan fingerprint density at radius 3 is 2.34 bits per heavy atom. The molecule has 7 nitrogen and oxygen atoms in total. The summed E-state index contributed by atoms with van der Waals surface area (Å²) in [5, 5.41) is 5.07. The van der Waals surface area contributed by atoms with Crippen LogP contribution in [0.5, 0.6) is 0 Å². The summed E-state index contributed by atoms with van der Waals surface area (Å²) in [5.41, 5.74) is 0.478. The van der Waals surface area contributed by atoms with E-state index in [9.17, 15) is 21.6 Å². The molecule has 0 aliphatic carbocycles. The summed E-state index contributed by atoms with van der Waals surface area (Å²) in [6.45, 7) is 0.0526. The lowest BCUT2D eigenvalue weighted by Gasteiger charge is -2.06. The Kier molecular flexibility index (Phi) is 4.43. The molecule has 0 bridgehead atoms. The molecule has 11 heteroatoms. The van der Waals surface area contributed by atoms with Gasteiger partial charge in [-0.2, -0.15) is 13.2 Å². The van der Waals surface area contributed by atoms with Crippen LogP contribution in [0.15, 0.2) is 66.0 Å². The largest absolute Gasteiger partial charge is 0.434 e. The number of imidazole rings is 2. The first-order valence-corrected chi connectivity index (χ1v) is 9.86. The number of nitrogens with zero attached hydrogens (tertiary/aromatic N) is 4. The summed E-state index contributed by atoms with van der Waals surface area (Å²) in [6.07, 6.45) is -0.212. The molecule has 3 aromatic heterocycles. The molecule has 0 saturated heterocycles. The number of rotatable bonds is 4. The number of halogens is 3. The van der Waals surface area contributed by atoms with E-state index in [0.29, 0.717) is 16.9 Å². The quantitative estimate of drug-likeness (QED) is 0.548. The molecule has 4 rings (SSSR count). The number of primary sulfonamides is 1. The molecule has 0 saturated carbocycles. The van der Waals surface area contributed by atoms with Gasteiger partial charge in [-0.3, -0.25) is 0 Å². The number of pyridine rings is 1. The molecule has 0 aliphatic rings. The first-order chi connectivity index (χ1) is 13.6. The lowest BCUT2D eigenvalue weighted by Crippen LogP contribution is -2.11. The third-order valence-electron chi connectivity index (χ3n) is 4.25. The first-order valence-electron chi connectivity index (χ1n) is 8.31. The van der Waals surface area contributed by atoms with Crippen LogP contribution in [0.1, 0.15) is 11.4 Å². The zero-order chi connectivity index (χ0) is 20.8. The highest BCUT2D eigenvalue weighted by atomic mass is 32.2. The number of hydrogen-bond donors (Lipinski definition) is 1. The Morgan fingerprint density at radius 2 is 1.72 bits per heavy atom. The Bertz CT molecular complexity index is 1260. The fourth-order valence-corrected chi connectivity index (χ4v) is 3.45. The molecule has 0 unspecified atom stereocenters. The summed E-state index contributed by atoms with van der Waals surface area (Å²) < 4.78 is 65.6. The van der Waals surface area contributed by atoms with Crippen molar-refractivity contribution < 1.29 is 21.6 Å². The molecule has 150 valence electrons. The van der Waals surface area contributed by atoms with Crippen LogP contribution in [0, 0.1) is 0 Å². The molecule has 0 spiro atoms. The average molecular weight is 421 g/mol. The van der Waals surface area contributed by atoms with Crippen LogP contribution in [-0.4, -0.2) is 27.4 Å². The number of fused-ring (bicyclic) bond motifs is 1. The van der Waals surface area contributed by atoms with Gasteiger partial charge in [0.05, 0.1) is 17.1 Å². The van der Waals surface area contributed by atoms with Crippen LogP contribution in [0.3, 0.4) is 0 Å². The maximum atomic E-state index is 13.2.